The molecule has 1 N–H and O–H groups in total. The summed E-state index contributed by atoms with van der Waals surface area (Å²) in [7, 11) is 0. The van der Waals surface area contributed by atoms with Gasteiger partial charge in [-0.05, 0) is 67.1 Å². The summed E-state index contributed by atoms with van der Waals surface area (Å²) in [5.41, 5.74) is 7.39. The third kappa shape index (κ3) is 4.46. The van der Waals surface area contributed by atoms with E-state index in [0.717, 1.165) is 59.9 Å². The number of H-pyrrole nitrogens is 1. The number of nitrogens with one attached hydrogen (secondary N) is 1. The quantitative estimate of drug-likeness (QED) is 0.324. The van der Waals surface area contributed by atoms with Crippen molar-refractivity contribution in [3.8, 4) is 0 Å². The molecular weight excluding hydrogens is 446 g/mol. The molecule has 2 fully saturated rings. The van der Waals surface area contributed by atoms with Gasteiger partial charge in [-0.25, -0.2) is 4.79 Å². The molecule has 0 atom stereocenters. The van der Waals surface area contributed by atoms with Crippen LogP contribution in [0, 0.1) is 6.92 Å². The fraction of sp³-hybridized carbons (Fsp3) is 0.323. The molecule has 1 saturated heterocycles. The first kappa shape index (κ1) is 22.7. The highest BCUT2D eigenvalue weighted by atomic mass is 16.5. The van der Waals surface area contributed by atoms with Gasteiger partial charge in [0.15, 0.2) is 0 Å². The molecule has 1 saturated carbocycles. The fourth-order valence-electron chi connectivity index (χ4n) is 5.49. The van der Waals surface area contributed by atoms with Crippen LogP contribution < -0.4 is 9.80 Å². The predicted octanol–water partition coefficient (Wildman–Crippen LogP) is 6.43. The summed E-state index contributed by atoms with van der Waals surface area (Å²) in [5.74, 6) is 0.498. The van der Waals surface area contributed by atoms with E-state index >= 15 is 0 Å². The molecule has 1 aliphatic carbocycles. The first-order chi connectivity index (χ1) is 17.7. The Hall–Kier alpha value is -3.73. The Kier molecular flexibility index (Phi) is 6.14. The lowest BCUT2D eigenvalue weighted by atomic mass is 9.80. The second kappa shape index (κ2) is 9.73. The van der Waals surface area contributed by atoms with Crippen molar-refractivity contribution in [1.29, 1.82) is 0 Å². The zero-order valence-electron chi connectivity index (χ0n) is 20.9. The summed E-state index contributed by atoms with van der Waals surface area (Å²) >= 11 is 0. The van der Waals surface area contributed by atoms with E-state index in [2.05, 4.69) is 57.2 Å². The van der Waals surface area contributed by atoms with Crippen LogP contribution in [-0.4, -0.2) is 37.1 Å². The molecule has 4 aromatic rings. The third-order valence-electron chi connectivity index (χ3n) is 7.87. The lowest BCUT2D eigenvalue weighted by molar-refractivity contribution is 0.0474. The van der Waals surface area contributed by atoms with E-state index in [9.17, 15) is 4.79 Å². The molecule has 1 aromatic heterocycles. The summed E-state index contributed by atoms with van der Waals surface area (Å²) in [6.07, 6.45) is 4.06. The smallest absolute Gasteiger partial charge is 0.340 e. The molecule has 2 heterocycles. The molecule has 2 aliphatic rings. The summed E-state index contributed by atoms with van der Waals surface area (Å²) in [6, 6.07) is 25.4. The number of carbonyl (C=O) groups is 1. The Labute approximate surface area is 212 Å². The highest BCUT2D eigenvalue weighted by Gasteiger charge is 2.23. The van der Waals surface area contributed by atoms with Gasteiger partial charge in [-0.2, -0.15) is 0 Å². The summed E-state index contributed by atoms with van der Waals surface area (Å²) < 4.78 is 5.66. The van der Waals surface area contributed by atoms with Gasteiger partial charge < -0.3 is 19.5 Å². The number of rotatable bonds is 6. The number of nitrogens with zero attached hydrogens (tertiary/aromatic N) is 2. The normalized spacial score (nSPS) is 16.2. The molecule has 1 aliphatic heterocycles. The minimum absolute atomic E-state index is 0.273. The second-order valence-corrected chi connectivity index (χ2v) is 10.1. The average Bonchev–Trinajstić information content (AvgIpc) is 3.22. The number of hydrogen-bond donors (Lipinski definition) is 1. The number of fused-ring (bicyclic) bond motifs is 1. The van der Waals surface area contributed by atoms with Crippen LogP contribution in [0.15, 0.2) is 72.8 Å². The zero-order chi connectivity index (χ0) is 24.5. The second-order valence-electron chi connectivity index (χ2n) is 10.1. The van der Waals surface area contributed by atoms with Crippen molar-refractivity contribution in [2.24, 2.45) is 0 Å². The Morgan fingerprint density at radius 2 is 1.56 bits per heavy atom. The van der Waals surface area contributed by atoms with Gasteiger partial charge in [-0.15, -0.1) is 0 Å². The largest absolute Gasteiger partial charge is 0.457 e. The van der Waals surface area contributed by atoms with Gasteiger partial charge in [0.2, 0.25) is 0 Å². The molecule has 0 spiro atoms. The zero-order valence-corrected chi connectivity index (χ0v) is 20.9. The number of anilines is 2. The van der Waals surface area contributed by atoms with Crippen molar-refractivity contribution in [3.63, 3.8) is 0 Å². The average molecular weight is 480 g/mol. The molecule has 0 radical (unpaired) electrons. The maximum Gasteiger partial charge on any atom is 0.340 e. The number of carbonyl (C=O) groups excluding carboxylic acids is 1. The van der Waals surface area contributed by atoms with Crippen molar-refractivity contribution in [2.45, 2.75) is 38.7 Å². The summed E-state index contributed by atoms with van der Waals surface area (Å²) in [5, 5.41) is 0.928. The maximum absolute atomic E-state index is 13.0. The minimum atomic E-state index is -0.282. The van der Waals surface area contributed by atoms with Crippen LogP contribution in [0.25, 0.3) is 10.9 Å². The molecular formula is C31H33N3O2. The number of benzene rings is 3. The monoisotopic (exact) mass is 479 g/mol. The van der Waals surface area contributed by atoms with Gasteiger partial charge in [0, 0.05) is 54.2 Å². The van der Waals surface area contributed by atoms with Crippen LogP contribution in [0.4, 0.5) is 11.4 Å². The van der Waals surface area contributed by atoms with Gasteiger partial charge in [0.1, 0.15) is 6.61 Å². The Bertz CT molecular complexity index is 1350. The number of ether oxygens (including phenoxy) is 1. The first-order valence-corrected chi connectivity index (χ1v) is 13.1. The van der Waals surface area contributed by atoms with Crippen molar-refractivity contribution in [2.75, 3.05) is 36.0 Å². The van der Waals surface area contributed by atoms with Crippen LogP contribution in [0.1, 0.15) is 52.4 Å². The summed E-state index contributed by atoms with van der Waals surface area (Å²) in [4.78, 5) is 21.3. The minimum Gasteiger partial charge on any atom is -0.457 e. The Morgan fingerprint density at radius 3 is 2.22 bits per heavy atom. The lowest BCUT2D eigenvalue weighted by Crippen LogP contribution is -2.46. The van der Waals surface area contributed by atoms with Crippen molar-refractivity contribution in [3.05, 3.63) is 95.2 Å². The number of esters is 1. The van der Waals surface area contributed by atoms with Gasteiger partial charge >= 0.3 is 5.97 Å². The molecule has 184 valence electrons. The summed E-state index contributed by atoms with van der Waals surface area (Å²) in [6.45, 7) is 6.08. The maximum atomic E-state index is 13.0. The number of aromatic amines is 1. The molecule has 36 heavy (non-hydrogen) atoms. The molecule has 3 aromatic carbocycles. The van der Waals surface area contributed by atoms with Gasteiger partial charge in [0.25, 0.3) is 0 Å². The predicted molar refractivity (Wildman–Crippen MR) is 146 cm³/mol. The number of aromatic nitrogens is 1. The molecule has 5 nitrogen and oxygen atoms in total. The van der Waals surface area contributed by atoms with Crippen molar-refractivity contribution >= 4 is 28.2 Å². The van der Waals surface area contributed by atoms with Gasteiger partial charge in [-0.1, -0.05) is 48.9 Å². The Balaban J connectivity index is 1.14. The highest BCUT2D eigenvalue weighted by molar-refractivity contribution is 6.06. The van der Waals surface area contributed by atoms with Crippen molar-refractivity contribution in [1.82, 2.24) is 4.98 Å². The van der Waals surface area contributed by atoms with E-state index in [-0.39, 0.29) is 12.6 Å². The number of aryl methyl sites for hydroxylation is 1. The van der Waals surface area contributed by atoms with Crippen LogP contribution in [-0.2, 0) is 11.3 Å². The van der Waals surface area contributed by atoms with E-state index in [0.29, 0.717) is 5.56 Å². The molecule has 0 amide bonds. The fourth-order valence-corrected chi connectivity index (χ4v) is 5.49. The molecule has 0 unspecified atom stereocenters. The van der Waals surface area contributed by atoms with Gasteiger partial charge in [0.05, 0.1) is 5.56 Å². The first-order valence-electron chi connectivity index (χ1n) is 13.1. The van der Waals surface area contributed by atoms with Gasteiger partial charge in [-0.3, -0.25) is 0 Å². The van der Waals surface area contributed by atoms with Crippen LogP contribution in [0.5, 0.6) is 0 Å². The SMILES string of the molecule is Cc1[nH]c2ccc(N3CCN(c4ccc(C5CCC5)cc4)CC3)cc2c1C(=O)OCc1ccccc1. The number of piperazine rings is 1. The number of hydrogen-bond acceptors (Lipinski definition) is 4. The van der Waals surface area contributed by atoms with Crippen molar-refractivity contribution < 1.29 is 9.53 Å². The van der Waals surface area contributed by atoms with Crippen LogP contribution in [0.3, 0.4) is 0 Å². The molecule has 0 bridgehead atoms. The van der Waals surface area contributed by atoms with E-state index in [1.54, 1.807) is 0 Å². The highest BCUT2D eigenvalue weighted by Crippen LogP contribution is 2.37. The molecule has 5 heteroatoms. The van der Waals surface area contributed by atoms with Crippen LogP contribution in [0.2, 0.25) is 0 Å². The Morgan fingerprint density at radius 1 is 0.889 bits per heavy atom. The van der Waals surface area contributed by atoms with E-state index in [1.807, 2.05) is 37.3 Å². The third-order valence-corrected chi connectivity index (χ3v) is 7.87. The topological polar surface area (TPSA) is 48.6 Å². The standard InChI is InChI=1S/C31H33N3O2/c1-22-30(31(35)36-21-23-6-3-2-4-7-23)28-20-27(14-15-29(28)32-22)34-18-16-33(17-19-34)26-12-10-25(11-13-26)24-8-5-9-24/h2-4,6-7,10-15,20,24,32H,5,8-9,16-19,21H2,1H3. The molecule has 6 rings (SSSR count). The van der Waals surface area contributed by atoms with Crippen LogP contribution >= 0.6 is 0 Å². The van der Waals surface area contributed by atoms with E-state index < -0.39 is 0 Å². The van der Waals surface area contributed by atoms with E-state index in [1.165, 1.54) is 30.5 Å². The van der Waals surface area contributed by atoms with E-state index in [4.69, 9.17) is 4.74 Å². The lowest BCUT2D eigenvalue weighted by Gasteiger charge is -2.37.